The summed E-state index contributed by atoms with van der Waals surface area (Å²) in [5.74, 6) is 0.0858. The molecule has 0 amide bonds. The highest BCUT2D eigenvalue weighted by Crippen LogP contribution is 2.29. The Morgan fingerprint density at radius 1 is 1.08 bits per heavy atom. The van der Waals surface area contributed by atoms with Crippen molar-refractivity contribution in [3.63, 3.8) is 0 Å². The number of benzene rings is 2. The number of oxazole rings is 1. The molecule has 0 saturated heterocycles. The maximum atomic E-state index is 12.6. The van der Waals surface area contributed by atoms with Crippen LogP contribution < -0.4 is 0 Å². The Morgan fingerprint density at radius 3 is 2.38 bits per heavy atom. The van der Waals surface area contributed by atoms with Crippen LogP contribution in [0.1, 0.15) is 43.6 Å². The molecule has 0 unspecified atom stereocenters. The summed E-state index contributed by atoms with van der Waals surface area (Å²) in [6.07, 6.45) is 0. The summed E-state index contributed by atoms with van der Waals surface area (Å²) in [7, 11) is 0. The smallest absolute Gasteiger partial charge is 0.257 e. The van der Waals surface area contributed by atoms with Gasteiger partial charge in [0.05, 0.1) is 5.25 Å². The lowest BCUT2D eigenvalue weighted by Gasteiger charge is -2.19. The van der Waals surface area contributed by atoms with Gasteiger partial charge in [0.25, 0.3) is 5.22 Å². The first kappa shape index (κ1) is 16.8. The maximum Gasteiger partial charge on any atom is 0.257 e. The number of hydrogen-bond donors (Lipinski definition) is 0. The third kappa shape index (κ3) is 3.54. The molecule has 0 aliphatic rings. The Hall–Kier alpha value is -2.07. The number of fused-ring (bicyclic) bond motifs is 1. The fourth-order valence-electron chi connectivity index (χ4n) is 2.48. The number of rotatable bonds is 4. The molecule has 2 aromatic carbocycles. The van der Waals surface area contributed by atoms with Gasteiger partial charge in [0.15, 0.2) is 11.4 Å². The number of aromatic nitrogens is 1. The van der Waals surface area contributed by atoms with Crippen molar-refractivity contribution in [2.45, 2.75) is 43.6 Å². The molecule has 0 N–H and O–H groups in total. The van der Waals surface area contributed by atoms with E-state index in [1.165, 1.54) is 17.3 Å². The van der Waals surface area contributed by atoms with Crippen LogP contribution in [0, 0.1) is 0 Å². The maximum absolute atomic E-state index is 12.6. The molecule has 4 heteroatoms. The second kappa shape index (κ2) is 6.44. The lowest BCUT2D eigenvalue weighted by molar-refractivity contribution is 0.0993. The number of ketones is 1. The van der Waals surface area contributed by atoms with Crippen LogP contribution in [0.5, 0.6) is 0 Å². The lowest BCUT2D eigenvalue weighted by Crippen LogP contribution is -2.15. The van der Waals surface area contributed by atoms with Crippen LogP contribution in [0.4, 0.5) is 0 Å². The summed E-state index contributed by atoms with van der Waals surface area (Å²) in [6.45, 7) is 8.38. The van der Waals surface area contributed by atoms with Crippen molar-refractivity contribution in [2.24, 2.45) is 0 Å². The van der Waals surface area contributed by atoms with Gasteiger partial charge in [-0.3, -0.25) is 4.79 Å². The quantitative estimate of drug-likeness (QED) is 0.466. The predicted octanol–water partition coefficient (Wildman–Crippen LogP) is 5.49. The van der Waals surface area contributed by atoms with Crippen molar-refractivity contribution >= 4 is 28.6 Å². The Kier molecular flexibility index (Phi) is 4.50. The third-order valence-corrected chi connectivity index (χ3v) is 4.90. The monoisotopic (exact) mass is 339 g/mol. The van der Waals surface area contributed by atoms with E-state index >= 15 is 0 Å². The zero-order valence-electron chi connectivity index (χ0n) is 14.4. The summed E-state index contributed by atoms with van der Waals surface area (Å²) >= 11 is 1.35. The van der Waals surface area contributed by atoms with Crippen LogP contribution >= 0.6 is 11.8 Å². The third-order valence-electron chi connectivity index (χ3n) is 3.96. The van der Waals surface area contributed by atoms with Gasteiger partial charge in [-0.1, -0.05) is 68.9 Å². The molecular formula is C20H21NO2S. The number of carbonyl (C=O) groups is 1. The molecule has 1 heterocycles. The van der Waals surface area contributed by atoms with Crippen molar-refractivity contribution < 1.29 is 9.21 Å². The van der Waals surface area contributed by atoms with Crippen molar-refractivity contribution in [1.29, 1.82) is 0 Å². The van der Waals surface area contributed by atoms with Crippen molar-refractivity contribution in [3.05, 3.63) is 59.7 Å². The number of carbonyl (C=O) groups excluding carboxylic acids is 1. The van der Waals surface area contributed by atoms with E-state index in [1.54, 1.807) is 0 Å². The lowest BCUT2D eigenvalue weighted by atomic mass is 9.86. The van der Waals surface area contributed by atoms with Crippen LogP contribution in [0.2, 0.25) is 0 Å². The van der Waals surface area contributed by atoms with Gasteiger partial charge in [-0.25, -0.2) is 4.98 Å². The van der Waals surface area contributed by atoms with Gasteiger partial charge in [-0.05, 0) is 30.0 Å². The van der Waals surface area contributed by atoms with Crippen LogP contribution in [0.3, 0.4) is 0 Å². The number of Topliss-reactive ketones (excluding diaryl/α,β-unsaturated/α-hetero) is 1. The van der Waals surface area contributed by atoms with E-state index in [2.05, 4.69) is 25.8 Å². The van der Waals surface area contributed by atoms with E-state index in [0.29, 0.717) is 5.22 Å². The molecule has 3 rings (SSSR count). The molecule has 0 saturated carbocycles. The average Bonchev–Trinajstić information content (AvgIpc) is 2.95. The SMILES string of the molecule is C[C@@H](Sc1nc2ccccc2o1)C(=O)c1ccc(C(C)(C)C)cc1. The standard InChI is InChI=1S/C20H21NO2S/c1-13(24-19-21-16-7-5-6-8-17(16)23-19)18(22)14-9-11-15(12-10-14)20(2,3)4/h5-13H,1-4H3/t13-/m1/s1. The van der Waals surface area contributed by atoms with Gasteiger partial charge in [0.2, 0.25) is 0 Å². The molecule has 0 fully saturated rings. The molecule has 0 radical (unpaired) electrons. The summed E-state index contributed by atoms with van der Waals surface area (Å²) in [5.41, 5.74) is 3.58. The summed E-state index contributed by atoms with van der Waals surface area (Å²) in [5, 5.41) is 0.280. The van der Waals surface area contributed by atoms with Gasteiger partial charge in [0.1, 0.15) is 5.52 Å². The van der Waals surface area contributed by atoms with E-state index in [4.69, 9.17) is 4.42 Å². The van der Waals surface area contributed by atoms with Crippen LogP contribution in [0.25, 0.3) is 11.1 Å². The molecule has 0 aliphatic carbocycles. The highest BCUT2D eigenvalue weighted by atomic mass is 32.2. The molecule has 0 bridgehead atoms. The largest absolute Gasteiger partial charge is 0.431 e. The number of hydrogen-bond acceptors (Lipinski definition) is 4. The van der Waals surface area contributed by atoms with E-state index in [-0.39, 0.29) is 16.4 Å². The first-order valence-electron chi connectivity index (χ1n) is 8.01. The summed E-state index contributed by atoms with van der Waals surface area (Å²) in [4.78, 5) is 17.1. The first-order chi connectivity index (χ1) is 11.3. The Bertz CT molecular complexity index is 826. The fourth-order valence-corrected chi connectivity index (χ4v) is 3.31. The summed E-state index contributed by atoms with van der Waals surface area (Å²) in [6, 6.07) is 15.5. The molecule has 0 aliphatic heterocycles. The Morgan fingerprint density at radius 2 is 1.75 bits per heavy atom. The molecule has 24 heavy (non-hydrogen) atoms. The zero-order valence-corrected chi connectivity index (χ0v) is 15.2. The number of thioether (sulfide) groups is 1. The van der Waals surface area contributed by atoms with E-state index in [9.17, 15) is 4.79 Å². The second-order valence-electron chi connectivity index (χ2n) is 6.90. The highest BCUT2D eigenvalue weighted by Gasteiger charge is 2.20. The minimum atomic E-state index is -0.251. The predicted molar refractivity (Wildman–Crippen MR) is 98.8 cm³/mol. The van der Waals surface area contributed by atoms with Gasteiger partial charge >= 0.3 is 0 Å². The minimum absolute atomic E-state index is 0.0835. The van der Waals surface area contributed by atoms with Crippen LogP contribution in [0.15, 0.2) is 58.2 Å². The van der Waals surface area contributed by atoms with E-state index in [0.717, 1.165) is 16.7 Å². The normalized spacial score (nSPS) is 13.2. The van der Waals surface area contributed by atoms with Crippen molar-refractivity contribution in [1.82, 2.24) is 4.98 Å². The Labute approximate surface area is 146 Å². The Balaban J connectivity index is 1.74. The van der Waals surface area contributed by atoms with Gasteiger partial charge < -0.3 is 4.42 Å². The van der Waals surface area contributed by atoms with Gasteiger partial charge in [-0.2, -0.15) is 0 Å². The van der Waals surface area contributed by atoms with Crippen molar-refractivity contribution in [3.8, 4) is 0 Å². The minimum Gasteiger partial charge on any atom is -0.431 e. The van der Waals surface area contributed by atoms with E-state index in [1.807, 2.05) is 55.5 Å². The number of para-hydroxylation sites is 2. The topological polar surface area (TPSA) is 43.1 Å². The van der Waals surface area contributed by atoms with Crippen LogP contribution in [-0.2, 0) is 5.41 Å². The first-order valence-corrected chi connectivity index (χ1v) is 8.89. The highest BCUT2D eigenvalue weighted by molar-refractivity contribution is 8.00. The molecular weight excluding hydrogens is 318 g/mol. The number of nitrogens with zero attached hydrogens (tertiary/aromatic N) is 1. The molecule has 1 aromatic heterocycles. The second-order valence-corrected chi connectivity index (χ2v) is 8.19. The van der Waals surface area contributed by atoms with E-state index < -0.39 is 0 Å². The molecule has 3 aromatic rings. The van der Waals surface area contributed by atoms with Gasteiger partial charge in [-0.15, -0.1) is 0 Å². The molecule has 1 atom stereocenters. The van der Waals surface area contributed by atoms with Gasteiger partial charge in [0, 0.05) is 5.56 Å². The summed E-state index contributed by atoms with van der Waals surface area (Å²) < 4.78 is 5.69. The van der Waals surface area contributed by atoms with Crippen LogP contribution in [-0.4, -0.2) is 16.0 Å². The average molecular weight is 339 g/mol. The molecule has 124 valence electrons. The zero-order chi connectivity index (χ0) is 17.3. The van der Waals surface area contributed by atoms with Crippen molar-refractivity contribution in [2.75, 3.05) is 0 Å². The molecule has 0 spiro atoms. The fraction of sp³-hybridized carbons (Fsp3) is 0.300. The molecule has 3 nitrogen and oxygen atoms in total.